The number of ether oxygens (including phenoxy) is 1. The number of nitrogen functional groups attached to an aromatic ring is 1. The van der Waals surface area contributed by atoms with Gasteiger partial charge in [0.2, 0.25) is 5.16 Å². The van der Waals surface area contributed by atoms with Gasteiger partial charge in [0.1, 0.15) is 0 Å². The van der Waals surface area contributed by atoms with Gasteiger partial charge in [-0.1, -0.05) is 39.8 Å². The van der Waals surface area contributed by atoms with Crippen LogP contribution >= 0.6 is 27.7 Å². The van der Waals surface area contributed by atoms with Crippen LogP contribution in [0.4, 0.5) is 0 Å². The van der Waals surface area contributed by atoms with Crippen molar-refractivity contribution in [1.82, 2.24) is 14.9 Å². The molecule has 100 valence electrons. The lowest BCUT2D eigenvalue weighted by Crippen LogP contribution is -2.13. The number of esters is 1. The van der Waals surface area contributed by atoms with Gasteiger partial charge in [0.25, 0.3) is 0 Å². The van der Waals surface area contributed by atoms with Crippen LogP contribution < -0.4 is 5.84 Å². The first kappa shape index (κ1) is 13.9. The monoisotopic (exact) mass is 342 g/mol. The quantitative estimate of drug-likeness (QED) is 0.517. The van der Waals surface area contributed by atoms with Gasteiger partial charge in [0, 0.05) is 10.0 Å². The zero-order valence-corrected chi connectivity index (χ0v) is 12.4. The lowest BCUT2D eigenvalue weighted by molar-refractivity contribution is -0.137. The van der Waals surface area contributed by atoms with Crippen molar-refractivity contribution < 1.29 is 9.53 Å². The van der Waals surface area contributed by atoms with E-state index >= 15 is 0 Å². The number of aromatic nitrogens is 3. The van der Waals surface area contributed by atoms with Gasteiger partial charge < -0.3 is 10.6 Å². The zero-order chi connectivity index (χ0) is 13.8. The molecule has 8 heteroatoms. The number of hydrogen-bond acceptors (Lipinski definition) is 6. The number of rotatable bonds is 4. The molecule has 0 saturated carbocycles. The summed E-state index contributed by atoms with van der Waals surface area (Å²) in [6.45, 7) is 0. The van der Waals surface area contributed by atoms with Gasteiger partial charge in [-0.2, -0.15) is 0 Å². The van der Waals surface area contributed by atoms with Gasteiger partial charge in [-0.05, 0) is 12.1 Å². The van der Waals surface area contributed by atoms with E-state index in [4.69, 9.17) is 5.84 Å². The number of halogens is 1. The molecule has 0 fully saturated rings. The fourth-order valence-corrected chi connectivity index (χ4v) is 2.47. The van der Waals surface area contributed by atoms with Gasteiger partial charge in [-0.25, -0.2) is 4.68 Å². The molecule has 6 nitrogen and oxygen atoms in total. The van der Waals surface area contributed by atoms with Gasteiger partial charge >= 0.3 is 5.97 Å². The molecule has 0 aliphatic heterocycles. The van der Waals surface area contributed by atoms with Crippen LogP contribution in [0.3, 0.4) is 0 Å². The average molecular weight is 343 g/mol. The van der Waals surface area contributed by atoms with Crippen molar-refractivity contribution >= 4 is 33.7 Å². The standard InChI is InChI=1S/C11H11BrN4O2S/c1-18-9(17)6-19-11-15-14-10(16(11)13)7-3-2-4-8(12)5-7/h2-5H,6,13H2,1H3. The molecule has 0 aliphatic rings. The first-order valence-electron chi connectivity index (χ1n) is 5.28. The van der Waals surface area contributed by atoms with Crippen LogP contribution in [0.5, 0.6) is 0 Å². The summed E-state index contributed by atoms with van der Waals surface area (Å²) in [5.74, 6) is 6.26. The molecule has 0 unspecified atom stereocenters. The van der Waals surface area contributed by atoms with E-state index in [1.54, 1.807) is 0 Å². The molecule has 0 saturated heterocycles. The number of benzene rings is 1. The van der Waals surface area contributed by atoms with Gasteiger partial charge in [0.05, 0.1) is 12.9 Å². The minimum atomic E-state index is -0.336. The highest BCUT2D eigenvalue weighted by Gasteiger charge is 2.13. The molecular weight excluding hydrogens is 332 g/mol. The molecule has 0 radical (unpaired) electrons. The summed E-state index contributed by atoms with van der Waals surface area (Å²) in [5.41, 5.74) is 0.842. The van der Waals surface area contributed by atoms with Crippen molar-refractivity contribution in [3.05, 3.63) is 28.7 Å². The largest absolute Gasteiger partial charge is 0.468 e. The summed E-state index contributed by atoms with van der Waals surface area (Å²) >= 11 is 4.56. The summed E-state index contributed by atoms with van der Waals surface area (Å²) in [7, 11) is 1.34. The van der Waals surface area contributed by atoms with Crippen LogP contribution in [0.25, 0.3) is 11.4 Å². The maximum Gasteiger partial charge on any atom is 0.316 e. The lowest BCUT2D eigenvalue weighted by Gasteiger charge is -2.03. The minimum absolute atomic E-state index is 0.143. The molecule has 0 bridgehead atoms. The summed E-state index contributed by atoms with van der Waals surface area (Å²) in [6.07, 6.45) is 0. The number of nitrogens with zero attached hydrogens (tertiary/aromatic N) is 3. The first-order chi connectivity index (χ1) is 9.11. The highest BCUT2D eigenvalue weighted by Crippen LogP contribution is 2.23. The molecule has 1 heterocycles. The summed E-state index contributed by atoms with van der Waals surface area (Å²) in [6, 6.07) is 7.57. The third kappa shape index (κ3) is 3.27. The Bertz CT molecular complexity index is 602. The second kappa shape index (κ2) is 6.07. The molecule has 2 N–H and O–H groups in total. The van der Waals surface area contributed by atoms with Gasteiger partial charge in [0.15, 0.2) is 5.82 Å². The number of nitrogens with two attached hydrogens (primary N) is 1. The van der Waals surface area contributed by atoms with E-state index in [2.05, 4.69) is 30.9 Å². The molecular formula is C11H11BrN4O2S. The maximum atomic E-state index is 11.1. The number of methoxy groups -OCH3 is 1. The Balaban J connectivity index is 2.21. The Morgan fingerprint density at radius 1 is 1.53 bits per heavy atom. The molecule has 0 aliphatic carbocycles. The van der Waals surface area contributed by atoms with Crippen LogP contribution in [0.15, 0.2) is 33.9 Å². The van der Waals surface area contributed by atoms with E-state index in [1.165, 1.54) is 23.5 Å². The average Bonchev–Trinajstić information content (AvgIpc) is 2.77. The molecule has 2 aromatic rings. The van der Waals surface area contributed by atoms with E-state index in [-0.39, 0.29) is 11.7 Å². The second-order valence-electron chi connectivity index (χ2n) is 3.55. The van der Waals surface area contributed by atoms with E-state index in [0.29, 0.717) is 11.0 Å². The van der Waals surface area contributed by atoms with Crippen LogP contribution in [0.1, 0.15) is 0 Å². The fourth-order valence-electron chi connectivity index (χ4n) is 1.38. The minimum Gasteiger partial charge on any atom is -0.468 e. The maximum absolute atomic E-state index is 11.1. The van der Waals surface area contributed by atoms with Crippen LogP contribution in [-0.4, -0.2) is 33.7 Å². The smallest absolute Gasteiger partial charge is 0.316 e. The molecule has 1 aromatic heterocycles. The number of thioether (sulfide) groups is 1. The molecule has 0 amide bonds. The SMILES string of the molecule is COC(=O)CSc1nnc(-c2cccc(Br)c2)n1N. The predicted octanol–water partition coefficient (Wildman–Crippen LogP) is 1.69. The van der Waals surface area contributed by atoms with Crippen LogP contribution in [0.2, 0.25) is 0 Å². The molecule has 19 heavy (non-hydrogen) atoms. The van der Waals surface area contributed by atoms with Crippen LogP contribution in [0, 0.1) is 0 Å². The summed E-state index contributed by atoms with van der Waals surface area (Å²) in [5, 5.41) is 8.44. The fraction of sp³-hybridized carbons (Fsp3) is 0.182. The Morgan fingerprint density at radius 2 is 2.32 bits per heavy atom. The highest BCUT2D eigenvalue weighted by molar-refractivity contribution is 9.10. The van der Waals surface area contributed by atoms with E-state index < -0.39 is 0 Å². The van der Waals surface area contributed by atoms with Crippen molar-refractivity contribution in [1.29, 1.82) is 0 Å². The third-order valence-corrected chi connectivity index (χ3v) is 3.70. The van der Waals surface area contributed by atoms with E-state index in [9.17, 15) is 4.79 Å². The molecule has 0 spiro atoms. The Hall–Kier alpha value is -1.54. The zero-order valence-electron chi connectivity index (χ0n) is 10.0. The van der Waals surface area contributed by atoms with E-state index in [0.717, 1.165) is 10.0 Å². The first-order valence-corrected chi connectivity index (χ1v) is 7.05. The van der Waals surface area contributed by atoms with Gasteiger partial charge in [-0.15, -0.1) is 10.2 Å². The Morgan fingerprint density at radius 3 is 3.00 bits per heavy atom. The Labute approximate surface area is 122 Å². The third-order valence-electron chi connectivity index (χ3n) is 2.29. The summed E-state index contributed by atoms with van der Waals surface area (Å²) < 4.78 is 6.84. The normalized spacial score (nSPS) is 10.4. The Kier molecular flexibility index (Phi) is 4.43. The van der Waals surface area contributed by atoms with Crippen molar-refractivity contribution in [3.8, 4) is 11.4 Å². The van der Waals surface area contributed by atoms with Crippen molar-refractivity contribution in [3.63, 3.8) is 0 Å². The van der Waals surface area contributed by atoms with Crippen molar-refractivity contribution in [2.75, 3.05) is 18.7 Å². The number of hydrogen-bond donors (Lipinski definition) is 1. The highest BCUT2D eigenvalue weighted by atomic mass is 79.9. The van der Waals surface area contributed by atoms with Gasteiger partial charge in [-0.3, -0.25) is 4.79 Å². The molecule has 2 rings (SSSR count). The van der Waals surface area contributed by atoms with Crippen molar-refractivity contribution in [2.24, 2.45) is 0 Å². The lowest BCUT2D eigenvalue weighted by atomic mass is 10.2. The topological polar surface area (TPSA) is 83.0 Å². The van der Waals surface area contributed by atoms with E-state index in [1.807, 2.05) is 24.3 Å². The second-order valence-corrected chi connectivity index (χ2v) is 5.41. The molecule has 1 aromatic carbocycles. The van der Waals surface area contributed by atoms with Crippen LogP contribution in [-0.2, 0) is 9.53 Å². The van der Waals surface area contributed by atoms with Crippen molar-refractivity contribution in [2.45, 2.75) is 5.16 Å². The number of carbonyl (C=O) groups excluding carboxylic acids is 1. The number of carbonyl (C=O) groups is 1. The predicted molar refractivity (Wildman–Crippen MR) is 76.0 cm³/mol. The summed E-state index contributed by atoms with van der Waals surface area (Å²) in [4.78, 5) is 11.1. The molecule has 0 atom stereocenters.